The Hall–Kier alpha value is -5.32. The average molecular weight is 1470 g/mol. The fourth-order valence-electron chi connectivity index (χ4n) is 9.75. The monoisotopic (exact) mass is 1470 g/mol. The van der Waals surface area contributed by atoms with Crippen LogP contribution in [0.5, 0.6) is 0 Å². The summed E-state index contributed by atoms with van der Waals surface area (Å²) in [6, 6.07) is 0. The number of hydrogen-bond acceptors (Lipinski definition) is 15. The van der Waals surface area contributed by atoms with Crippen molar-refractivity contribution in [3.05, 3.63) is 158 Å². The van der Waals surface area contributed by atoms with Crippen molar-refractivity contribution in [2.75, 3.05) is 39.6 Å². The van der Waals surface area contributed by atoms with Crippen LogP contribution in [0.2, 0.25) is 0 Å². The summed E-state index contributed by atoms with van der Waals surface area (Å²) in [5, 5.41) is 10.6. The van der Waals surface area contributed by atoms with Gasteiger partial charge in [0.2, 0.25) is 0 Å². The highest BCUT2D eigenvalue weighted by atomic mass is 31.2. The fraction of sp³-hybridized carbons (Fsp3) is 0.639. The first-order valence-corrected chi connectivity index (χ1v) is 41.7. The van der Waals surface area contributed by atoms with Gasteiger partial charge in [0.1, 0.15) is 19.3 Å². The highest BCUT2D eigenvalue weighted by molar-refractivity contribution is 7.47. The summed E-state index contributed by atoms with van der Waals surface area (Å²) >= 11 is 0. The predicted octanol–water partition coefficient (Wildman–Crippen LogP) is 22.4. The first-order valence-electron chi connectivity index (χ1n) is 38.7. The van der Waals surface area contributed by atoms with Crippen LogP contribution in [-0.4, -0.2) is 96.7 Å². The van der Waals surface area contributed by atoms with E-state index in [-0.39, 0.29) is 25.7 Å². The van der Waals surface area contributed by atoms with Gasteiger partial charge in [-0.1, -0.05) is 288 Å². The highest BCUT2D eigenvalue weighted by Gasteiger charge is 2.30. The standard InChI is InChI=1S/C83H136O17P2/c1-5-9-13-17-21-25-29-33-36-37-38-39-42-45-48-52-56-60-64-68-81(86)94-74-79(100-83(88)70-66-62-58-54-50-46-41-35-31-27-23-19-15-11-7-3)76-98-102(91,92)96-72-77(84)71-95-101(89,90)97-75-78(99-82(87)69-65-61-57-53-49-43-32-28-24-20-16-12-8-4)73-93-80(85)67-63-59-55-51-47-44-40-34-30-26-22-18-14-10-6-2/h9-11,13-15,21-23,25-27,33-36,38-41,45,47-48,51,59,63,77-79,84H,5-8,12,16-20,24,28-32,37,42-44,46,49-50,52-58,60-62,64-76H2,1-4H3,(H,89,90)(H,91,92)/b13-9-,14-10-,15-11-,25-21-,26-22-,27-23-,36-33-,39-38-,40-34-,41-35-,48-45-,51-47-,63-59-. The summed E-state index contributed by atoms with van der Waals surface area (Å²) < 4.78 is 68.4. The zero-order chi connectivity index (χ0) is 74.6. The van der Waals surface area contributed by atoms with Gasteiger partial charge >= 0.3 is 39.5 Å². The molecule has 0 aromatic rings. The number of allylic oxidation sites excluding steroid dienone is 25. The molecule has 0 saturated heterocycles. The van der Waals surface area contributed by atoms with Gasteiger partial charge in [-0.2, -0.15) is 0 Å². The largest absolute Gasteiger partial charge is 0.472 e. The maximum Gasteiger partial charge on any atom is 0.472 e. The molecule has 0 saturated carbocycles. The molecule has 3 N–H and O–H groups in total. The summed E-state index contributed by atoms with van der Waals surface area (Å²) in [6.45, 7) is 4.35. The van der Waals surface area contributed by atoms with E-state index in [1.54, 1.807) is 6.08 Å². The van der Waals surface area contributed by atoms with Gasteiger partial charge in [-0.15, -0.1) is 0 Å². The smallest absolute Gasteiger partial charge is 0.462 e. The number of aliphatic hydroxyl groups excluding tert-OH is 1. The Labute approximate surface area is 617 Å². The molecule has 0 amide bonds. The number of carbonyl (C=O) groups excluding carboxylic acids is 4. The molecule has 102 heavy (non-hydrogen) atoms. The topological polar surface area (TPSA) is 237 Å². The van der Waals surface area contributed by atoms with E-state index in [1.807, 2.05) is 18.2 Å². The lowest BCUT2D eigenvalue weighted by Gasteiger charge is -2.21. The second-order valence-corrected chi connectivity index (χ2v) is 28.1. The summed E-state index contributed by atoms with van der Waals surface area (Å²) in [4.78, 5) is 72.9. The van der Waals surface area contributed by atoms with Crippen molar-refractivity contribution in [2.45, 2.75) is 303 Å². The molecule has 5 unspecified atom stereocenters. The summed E-state index contributed by atoms with van der Waals surface area (Å²) in [7, 11) is -10.00. The Balaban J connectivity index is 5.46. The van der Waals surface area contributed by atoms with Crippen LogP contribution in [0.3, 0.4) is 0 Å². The summed E-state index contributed by atoms with van der Waals surface area (Å²) in [5.74, 6) is -2.38. The number of phosphoric acid groups is 2. The first-order chi connectivity index (χ1) is 49.7. The molecular weight excluding hydrogens is 1330 g/mol. The molecule has 0 aromatic carbocycles. The highest BCUT2D eigenvalue weighted by Crippen LogP contribution is 2.45. The third-order valence-electron chi connectivity index (χ3n) is 15.5. The number of aliphatic hydroxyl groups is 1. The van der Waals surface area contributed by atoms with E-state index in [0.29, 0.717) is 25.7 Å². The molecule has 5 atom stereocenters. The van der Waals surface area contributed by atoms with Crippen LogP contribution in [0, 0.1) is 0 Å². The molecule has 0 bridgehead atoms. The number of esters is 4. The normalized spacial score (nSPS) is 14.8. The Morgan fingerprint density at radius 3 is 0.882 bits per heavy atom. The second kappa shape index (κ2) is 74.0. The number of ether oxygens (including phenoxy) is 4. The molecule has 0 heterocycles. The molecule has 19 heteroatoms. The third-order valence-corrected chi connectivity index (χ3v) is 17.4. The van der Waals surface area contributed by atoms with Gasteiger partial charge in [0.05, 0.1) is 32.8 Å². The quantitative estimate of drug-likeness (QED) is 0.0169. The zero-order valence-corrected chi connectivity index (χ0v) is 65.0. The van der Waals surface area contributed by atoms with E-state index in [9.17, 15) is 43.2 Å². The lowest BCUT2D eigenvalue weighted by atomic mass is 10.0. The van der Waals surface area contributed by atoms with Crippen LogP contribution >= 0.6 is 15.6 Å². The van der Waals surface area contributed by atoms with E-state index in [1.165, 1.54) is 51.4 Å². The Bertz CT molecular complexity index is 2550. The molecule has 17 nitrogen and oxygen atoms in total. The number of rotatable bonds is 71. The summed E-state index contributed by atoms with van der Waals surface area (Å²) in [6.07, 6.45) is 85.5. The number of carbonyl (C=O) groups is 4. The van der Waals surface area contributed by atoms with Gasteiger partial charge in [0.25, 0.3) is 0 Å². The molecule has 0 aromatic heterocycles. The van der Waals surface area contributed by atoms with E-state index >= 15 is 0 Å². The minimum absolute atomic E-state index is 0.0607. The average Bonchev–Trinajstić information content (AvgIpc) is 0.924. The molecule has 0 fully saturated rings. The van der Waals surface area contributed by atoms with Crippen LogP contribution in [0.4, 0.5) is 0 Å². The van der Waals surface area contributed by atoms with Crippen molar-refractivity contribution < 1.29 is 80.2 Å². The van der Waals surface area contributed by atoms with Gasteiger partial charge in [0.15, 0.2) is 12.2 Å². The second-order valence-electron chi connectivity index (χ2n) is 25.2. The predicted molar refractivity (Wildman–Crippen MR) is 417 cm³/mol. The molecule has 0 rings (SSSR count). The minimum Gasteiger partial charge on any atom is -0.462 e. The third kappa shape index (κ3) is 73.0. The number of unbranched alkanes of at least 4 members (excludes halogenated alkanes) is 20. The Kier molecular flexibility index (Phi) is 70.1. The fourth-order valence-corrected chi connectivity index (χ4v) is 11.3. The molecule has 0 aliphatic carbocycles. The van der Waals surface area contributed by atoms with Crippen molar-refractivity contribution in [2.24, 2.45) is 0 Å². The van der Waals surface area contributed by atoms with Gasteiger partial charge in [0, 0.05) is 19.3 Å². The van der Waals surface area contributed by atoms with E-state index in [4.69, 9.17) is 37.0 Å². The molecule has 0 spiro atoms. The zero-order valence-electron chi connectivity index (χ0n) is 63.2. The number of phosphoric ester groups is 2. The van der Waals surface area contributed by atoms with Crippen molar-refractivity contribution in [3.8, 4) is 0 Å². The molecule has 0 radical (unpaired) electrons. The molecule has 0 aliphatic heterocycles. The SMILES string of the molecule is CC/C=C\C/C=C\C/C=C\C/C=C\C/C=C\CCCCCC(=O)OCC(COP(=O)(O)OCC(O)COP(=O)(O)OCC(COC(=O)C/C=C\C/C=C\C/C=C\C/C=C\C/C=C\CC)OC(=O)CCCCCCCCCCCCCCC)OC(=O)CCCCCCC/C=C\C/C=C\C/C=C\CC. The number of hydrogen-bond donors (Lipinski definition) is 3. The van der Waals surface area contributed by atoms with E-state index in [0.717, 1.165) is 154 Å². The Morgan fingerprint density at radius 2 is 0.549 bits per heavy atom. The van der Waals surface area contributed by atoms with Crippen LogP contribution in [0.1, 0.15) is 285 Å². The van der Waals surface area contributed by atoms with Crippen LogP contribution in [-0.2, 0) is 65.4 Å². The van der Waals surface area contributed by atoms with E-state index in [2.05, 4.69) is 161 Å². The van der Waals surface area contributed by atoms with Gasteiger partial charge in [-0.3, -0.25) is 37.3 Å². The Morgan fingerprint density at radius 1 is 0.294 bits per heavy atom. The lowest BCUT2D eigenvalue weighted by molar-refractivity contribution is -0.161. The van der Waals surface area contributed by atoms with Crippen molar-refractivity contribution >= 4 is 39.5 Å². The van der Waals surface area contributed by atoms with Gasteiger partial charge in [-0.05, 0) is 128 Å². The molecule has 0 aliphatic rings. The van der Waals surface area contributed by atoms with Crippen molar-refractivity contribution in [1.82, 2.24) is 0 Å². The van der Waals surface area contributed by atoms with E-state index < -0.39 is 97.5 Å². The lowest BCUT2D eigenvalue weighted by Crippen LogP contribution is -2.30. The van der Waals surface area contributed by atoms with Crippen LogP contribution in [0.25, 0.3) is 0 Å². The van der Waals surface area contributed by atoms with Gasteiger partial charge in [-0.25, -0.2) is 9.13 Å². The van der Waals surface area contributed by atoms with Gasteiger partial charge < -0.3 is 33.8 Å². The molecular formula is C83H136O17P2. The van der Waals surface area contributed by atoms with Crippen molar-refractivity contribution in [1.29, 1.82) is 0 Å². The first kappa shape index (κ1) is 96.7. The maximum absolute atomic E-state index is 13.1. The minimum atomic E-state index is -5.00. The maximum atomic E-state index is 13.1. The van der Waals surface area contributed by atoms with Crippen molar-refractivity contribution in [3.63, 3.8) is 0 Å². The molecule has 580 valence electrons. The summed E-state index contributed by atoms with van der Waals surface area (Å²) in [5.41, 5.74) is 0. The van der Waals surface area contributed by atoms with Crippen LogP contribution < -0.4 is 0 Å². The van der Waals surface area contributed by atoms with Crippen LogP contribution in [0.15, 0.2) is 158 Å².